The number of hydrogen-bond donors (Lipinski definition) is 1. The summed E-state index contributed by atoms with van der Waals surface area (Å²) in [6.45, 7) is 5.99. The Kier molecular flexibility index (Phi) is 4.63. The Morgan fingerprint density at radius 3 is 2.10 bits per heavy atom. The van der Waals surface area contributed by atoms with Crippen LogP contribution in [0.4, 0.5) is 0 Å². The first-order valence-electron chi connectivity index (χ1n) is 6.97. The SMILES string of the molecule is Cc1ccc(O[C@H](Cc2cc(C)cc(C)c2)C(=O)O)cc1. The van der Waals surface area contributed by atoms with E-state index in [1.165, 1.54) is 0 Å². The van der Waals surface area contributed by atoms with Crippen molar-refractivity contribution in [2.24, 2.45) is 0 Å². The molecule has 2 aromatic carbocycles. The topological polar surface area (TPSA) is 46.5 Å². The molecule has 0 spiro atoms. The number of hydrogen-bond acceptors (Lipinski definition) is 2. The minimum Gasteiger partial charge on any atom is -0.478 e. The van der Waals surface area contributed by atoms with Gasteiger partial charge in [0.2, 0.25) is 0 Å². The molecule has 1 atom stereocenters. The fourth-order valence-corrected chi connectivity index (χ4v) is 2.36. The van der Waals surface area contributed by atoms with Crippen LogP contribution in [0, 0.1) is 20.8 Å². The molecule has 0 aliphatic carbocycles. The third kappa shape index (κ3) is 4.35. The summed E-state index contributed by atoms with van der Waals surface area (Å²) >= 11 is 0. The standard InChI is InChI=1S/C18H20O3/c1-12-4-6-16(7-5-12)21-17(18(19)20)11-15-9-13(2)8-14(3)10-15/h4-10,17H,11H2,1-3H3,(H,19,20)/t17-/m1/s1. The molecule has 0 saturated heterocycles. The normalized spacial score (nSPS) is 12.0. The van der Waals surface area contributed by atoms with Crippen LogP contribution in [0.15, 0.2) is 42.5 Å². The number of aliphatic carboxylic acids is 1. The highest BCUT2D eigenvalue weighted by molar-refractivity contribution is 5.73. The maximum atomic E-state index is 11.4. The van der Waals surface area contributed by atoms with Gasteiger partial charge in [0.15, 0.2) is 6.10 Å². The largest absolute Gasteiger partial charge is 0.478 e. The minimum atomic E-state index is -0.949. The summed E-state index contributed by atoms with van der Waals surface area (Å²) < 4.78 is 5.62. The molecule has 110 valence electrons. The van der Waals surface area contributed by atoms with Crippen molar-refractivity contribution in [3.8, 4) is 5.75 Å². The molecule has 0 fully saturated rings. The van der Waals surface area contributed by atoms with Crippen LogP contribution in [0.5, 0.6) is 5.75 Å². The Hall–Kier alpha value is -2.29. The first kappa shape index (κ1) is 15.1. The maximum absolute atomic E-state index is 11.4. The Labute approximate surface area is 125 Å². The van der Waals surface area contributed by atoms with E-state index in [0.29, 0.717) is 12.2 Å². The molecule has 2 rings (SSSR count). The predicted octanol–water partition coefficient (Wildman–Crippen LogP) is 3.69. The highest BCUT2D eigenvalue weighted by Crippen LogP contribution is 2.17. The first-order valence-corrected chi connectivity index (χ1v) is 6.97. The van der Waals surface area contributed by atoms with Crippen LogP contribution in [0.25, 0.3) is 0 Å². The second-order valence-corrected chi connectivity index (χ2v) is 5.46. The van der Waals surface area contributed by atoms with Crippen LogP contribution in [0.2, 0.25) is 0 Å². The van der Waals surface area contributed by atoms with Gasteiger partial charge in [0, 0.05) is 6.42 Å². The van der Waals surface area contributed by atoms with Crippen molar-refractivity contribution in [3.63, 3.8) is 0 Å². The number of ether oxygens (including phenoxy) is 1. The molecule has 0 heterocycles. The zero-order chi connectivity index (χ0) is 15.4. The van der Waals surface area contributed by atoms with E-state index in [0.717, 1.165) is 22.3 Å². The van der Waals surface area contributed by atoms with Gasteiger partial charge in [0.1, 0.15) is 5.75 Å². The van der Waals surface area contributed by atoms with E-state index in [2.05, 4.69) is 6.07 Å². The van der Waals surface area contributed by atoms with Gasteiger partial charge in [0.25, 0.3) is 0 Å². The molecule has 0 saturated carbocycles. The van der Waals surface area contributed by atoms with Crippen LogP contribution in [0.1, 0.15) is 22.3 Å². The van der Waals surface area contributed by atoms with Crippen molar-refractivity contribution in [1.82, 2.24) is 0 Å². The Bertz CT molecular complexity index is 609. The fraction of sp³-hybridized carbons (Fsp3) is 0.278. The molecular weight excluding hydrogens is 264 g/mol. The third-order valence-electron chi connectivity index (χ3n) is 3.28. The molecule has 0 amide bonds. The van der Waals surface area contributed by atoms with E-state index in [1.54, 1.807) is 12.1 Å². The molecule has 0 aromatic heterocycles. The highest BCUT2D eigenvalue weighted by atomic mass is 16.5. The molecule has 21 heavy (non-hydrogen) atoms. The van der Waals surface area contributed by atoms with Gasteiger partial charge in [-0.3, -0.25) is 0 Å². The van der Waals surface area contributed by atoms with Crippen molar-refractivity contribution < 1.29 is 14.6 Å². The number of aryl methyl sites for hydroxylation is 3. The summed E-state index contributed by atoms with van der Waals surface area (Å²) in [7, 11) is 0. The zero-order valence-electron chi connectivity index (χ0n) is 12.6. The molecule has 0 aliphatic heterocycles. The Morgan fingerprint density at radius 1 is 1.00 bits per heavy atom. The minimum absolute atomic E-state index is 0.353. The lowest BCUT2D eigenvalue weighted by Crippen LogP contribution is -2.29. The molecule has 0 aliphatic rings. The summed E-state index contributed by atoms with van der Waals surface area (Å²) in [6, 6.07) is 13.5. The number of carbonyl (C=O) groups is 1. The molecule has 1 N–H and O–H groups in total. The van der Waals surface area contributed by atoms with E-state index in [4.69, 9.17) is 4.74 Å². The summed E-state index contributed by atoms with van der Waals surface area (Å²) in [4.78, 5) is 11.4. The van der Waals surface area contributed by atoms with Gasteiger partial charge in [-0.1, -0.05) is 47.0 Å². The molecule has 3 heteroatoms. The number of carboxylic acid groups (broad SMARTS) is 1. The van der Waals surface area contributed by atoms with Crippen molar-refractivity contribution >= 4 is 5.97 Å². The summed E-state index contributed by atoms with van der Waals surface area (Å²) in [5.41, 5.74) is 4.35. The average Bonchev–Trinajstić information content (AvgIpc) is 2.39. The quantitative estimate of drug-likeness (QED) is 0.911. The smallest absolute Gasteiger partial charge is 0.345 e. The second kappa shape index (κ2) is 6.44. The Morgan fingerprint density at radius 2 is 1.57 bits per heavy atom. The first-order chi connectivity index (χ1) is 9.94. The zero-order valence-corrected chi connectivity index (χ0v) is 12.6. The van der Waals surface area contributed by atoms with Gasteiger partial charge >= 0.3 is 5.97 Å². The van der Waals surface area contributed by atoms with Gasteiger partial charge in [-0.05, 0) is 38.5 Å². The van der Waals surface area contributed by atoms with Crippen molar-refractivity contribution in [3.05, 3.63) is 64.7 Å². The average molecular weight is 284 g/mol. The van der Waals surface area contributed by atoms with E-state index in [-0.39, 0.29) is 0 Å². The van der Waals surface area contributed by atoms with Crippen molar-refractivity contribution in [2.45, 2.75) is 33.3 Å². The Balaban J connectivity index is 2.15. The number of rotatable bonds is 5. The third-order valence-corrected chi connectivity index (χ3v) is 3.28. The van der Waals surface area contributed by atoms with Gasteiger partial charge in [-0.25, -0.2) is 4.79 Å². The number of benzene rings is 2. The molecule has 2 aromatic rings. The van der Waals surface area contributed by atoms with E-state index >= 15 is 0 Å². The summed E-state index contributed by atoms with van der Waals surface area (Å²) in [5.74, 6) is -0.368. The highest BCUT2D eigenvalue weighted by Gasteiger charge is 2.20. The molecule has 0 bridgehead atoms. The lowest BCUT2D eigenvalue weighted by Gasteiger charge is -2.16. The monoisotopic (exact) mass is 284 g/mol. The molecule has 0 unspecified atom stereocenters. The molecule has 3 nitrogen and oxygen atoms in total. The summed E-state index contributed by atoms with van der Waals surface area (Å²) in [6.07, 6.45) is -0.528. The van der Waals surface area contributed by atoms with Crippen LogP contribution in [-0.2, 0) is 11.2 Å². The van der Waals surface area contributed by atoms with E-state index in [9.17, 15) is 9.90 Å². The van der Waals surface area contributed by atoms with Gasteiger partial charge in [-0.15, -0.1) is 0 Å². The predicted molar refractivity (Wildman–Crippen MR) is 82.9 cm³/mol. The van der Waals surface area contributed by atoms with E-state index in [1.807, 2.05) is 45.0 Å². The van der Waals surface area contributed by atoms with Gasteiger partial charge in [0.05, 0.1) is 0 Å². The summed E-state index contributed by atoms with van der Waals surface area (Å²) in [5, 5.41) is 9.36. The second-order valence-electron chi connectivity index (χ2n) is 5.46. The fourth-order valence-electron chi connectivity index (χ4n) is 2.36. The maximum Gasteiger partial charge on any atom is 0.345 e. The number of carboxylic acids is 1. The van der Waals surface area contributed by atoms with Crippen molar-refractivity contribution in [1.29, 1.82) is 0 Å². The van der Waals surface area contributed by atoms with Crippen molar-refractivity contribution in [2.75, 3.05) is 0 Å². The van der Waals surface area contributed by atoms with Crippen LogP contribution in [-0.4, -0.2) is 17.2 Å². The molecule has 0 radical (unpaired) electrons. The lowest BCUT2D eigenvalue weighted by atomic mass is 10.0. The lowest BCUT2D eigenvalue weighted by molar-refractivity contribution is -0.145. The van der Waals surface area contributed by atoms with Gasteiger partial charge in [-0.2, -0.15) is 0 Å². The van der Waals surface area contributed by atoms with Crippen LogP contribution in [0.3, 0.4) is 0 Å². The van der Waals surface area contributed by atoms with Gasteiger partial charge < -0.3 is 9.84 Å². The molecular formula is C18H20O3. The van der Waals surface area contributed by atoms with E-state index < -0.39 is 12.1 Å². The van der Waals surface area contributed by atoms with Crippen LogP contribution < -0.4 is 4.74 Å². The van der Waals surface area contributed by atoms with Crippen LogP contribution >= 0.6 is 0 Å².